The van der Waals surface area contributed by atoms with E-state index >= 15 is 0 Å². The van der Waals surface area contributed by atoms with Crippen molar-refractivity contribution in [2.45, 2.75) is 19.4 Å². The molecule has 3 nitrogen and oxygen atoms in total. The summed E-state index contributed by atoms with van der Waals surface area (Å²) in [5, 5.41) is 7.64. The van der Waals surface area contributed by atoms with Gasteiger partial charge in [-0.15, -0.1) is 0 Å². The fourth-order valence-electron chi connectivity index (χ4n) is 1.96. The van der Waals surface area contributed by atoms with Crippen molar-refractivity contribution in [2.75, 3.05) is 7.05 Å². The second kappa shape index (κ2) is 5.31. The first-order chi connectivity index (χ1) is 8.60. The molecule has 0 bridgehead atoms. The van der Waals surface area contributed by atoms with Crippen molar-refractivity contribution in [2.24, 2.45) is 7.05 Å². The number of hydrogen-bond acceptors (Lipinski definition) is 2. The van der Waals surface area contributed by atoms with Crippen LogP contribution in [-0.2, 0) is 13.5 Å². The van der Waals surface area contributed by atoms with Gasteiger partial charge in [0.1, 0.15) is 5.82 Å². The molecule has 1 heterocycles. The number of likely N-dealkylation sites (N-methyl/N-ethyl adjacent to an activating group) is 1. The van der Waals surface area contributed by atoms with Crippen LogP contribution in [0, 0.1) is 5.82 Å². The maximum absolute atomic E-state index is 13.2. The molecule has 4 heteroatoms. The first kappa shape index (κ1) is 12.8. The highest BCUT2D eigenvalue weighted by molar-refractivity contribution is 5.59. The number of aryl methyl sites for hydroxylation is 1. The fourth-order valence-corrected chi connectivity index (χ4v) is 1.96. The Morgan fingerprint density at radius 1 is 1.39 bits per heavy atom. The summed E-state index contributed by atoms with van der Waals surface area (Å²) in [6.07, 6.45) is 0.861. The minimum absolute atomic E-state index is 0.223. The zero-order chi connectivity index (χ0) is 13.1. The number of nitrogens with zero attached hydrogens (tertiary/aromatic N) is 2. The van der Waals surface area contributed by atoms with Gasteiger partial charge in [-0.05, 0) is 32.2 Å². The molecule has 0 saturated carbocycles. The van der Waals surface area contributed by atoms with Crippen LogP contribution >= 0.6 is 0 Å². The summed E-state index contributed by atoms with van der Waals surface area (Å²) in [6.45, 7) is 2.11. The third-order valence-electron chi connectivity index (χ3n) is 3.06. The van der Waals surface area contributed by atoms with E-state index in [1.54, 1.807) is 10.7 Å². The van der Waals surface area contributed by atoms with Crippen molar-refractivity contribution in [3.8, 4) is 11.3 Å². The van der Waals surface area contributed by atoms with Crippen molar-refractivity contribution in [1.29, 1.82) is 0 Å². The Morgan fingerprint density at radius 3 is 2.83 bits per heavy atom. The topological polar surface area (TPSA) is 29.9 Å². The molecule has 0 radical (unpaired) electrons. The molecule has 1 aromatic heterocycles. The molecule has 0 aliphatic rings. The molecular weight excluding hydrogens is 229 g/mol. The van der Waals surface area contributed by atoms with E-state index in [1.165, 1.54) is 12.1 Å². The number of aromatic nitrogens is 2. The summed E-state index contributed by atoms with van der Waals surface area (Å²) in [5.41, 5.74) is 2.81. The normalized spacial score (nSPS) is 12.7. The van der Waals surface area contributed by atoms with Gasteiger partial charge in [-0.1, -0.05) is 12.1 Å². The van der Waals surface area contributed by atoms with Gasteiger partial charge < -0.3 is 5.32 Å². The van der Waals surface area contributed by atoms with Crippen molar-refractivity contribution in [1.82, 2.24) is 15.1 Å². The van der Waals surface area contributed by atoms with Gasteiger partial charge in [-0.25, -0.2) is 4.39 Å². The van der Waals surface area contributed by atoms with E-state index in [2.05, 4.69) is 17.3 Å². The van der Waals surface area contributed by atoms with Crippen LogP contribution in [0.2, 0.25) is 0 Å². The largest absolute Gasteiger partial charge is 0.317 e. The van der Waals surface area contributed by atoms with Gasteiger partial charge in [-0.3, -0.25) is 4.68 Å². The number of nitrogens with one attached hydrogen (secondary N) is 1. The summed E-state index contributed by atoms with van der Waals surface area (Å²) >= 11 is 0. The maximum Gasteiger partial charge on any atom is 0.123 e. The van der Waals surface area contributed by atoms with Gasteiger partial charge in [0.2, 0.25) is 0 Å². The number of hydrogen-bond donors (Lipinski definition) is 1. The molecule has 0 fully saturated rings. The van der Waals surface area contributed by atoms with Crippen molar-refractivity contribution in [3.63, 3.8) is 0 Å². The fraction of sp³-hybridized carbons (Fsp3) is 0.357. The molecule has 0 spiro atoms. The predicted octanol–water partition coefficient (Wildman–Crippen LogP) is 2.38. The van der Waals surface area contributed by atoms with E-state index in [1.807, 2.05) is 26.2 Å². The van der Waals surface area contributed by atoms with E-state index in [-0.39, 0.29) is 5.82 Å². The summed E-state index contributed by atoms with van der Waals surface area (Å²) in [4.78, 5) is 0. The summed E-state index contributed by atoms with van der Waals surface area (Å²) in [6, 6.07) is 8.98. The minimum atomic E-state index is -0.223. The van der Waals surface area contributed by atoms with Gasteiger partial charge in [0, 0.05) is 25.1 Å². The van der Waals surface area contributed by atoms with E-state index in [0.29, 0.717) is 6.04 Å². The Kier molecular flexibility index (Phi) is 3.77. The van der Waals surface area contributed by atoms with Gasteiger partial charge in [-0.2, -0.15) is 5.10 Å². The van der Waals surface area contributed by atoms with Gasteiger partial charge in [0.15, 0.2) is 0 Å². The van der Waals surface area contributed by atoms with Crippen LogP contribution in [0.5, 0.6) is 0 Å². The third-order valence-corrected chi connectivity index (χ3v) is 3.06. The lowest BCUT2D eigenvalue weighted by molar-refractivity contribution is 0.593. The second-order valence-corrected chi connectivity index (χ2v) is 4.55. The average Bonchev–Trinajstić information content (AvgIpc) is 2.70. The maximum atomic E-state index is 13.2. The highest BCUT2D eigenvalue weighted by atomic mass is 19.1. The average molecular weight is 247 g/mol. The monoisotopic (exact) mass is 247 g/mol. The summed E-state index contributed by atoms with van der Waals surface area (Å²) in [5.74, 6) is -0.223. The molecule has 0 saturated heterocycles. The summed E-state index contributed by atoms with van der Waals surface area (Å²) < 4.78 is 15.0. The van der Waals surface area contributed by atoms with Crippen molar-refractivity contribution >= 4 is 0 Å². The molecule has 1 aromatic carbocycles. The van der Waals surface area contributed by atoms with Crippen LogP contribution in [0.25, 0.3) is 11.3 Å². The Labute approximate surface area is 107 Å². The molecule has 1 unspecified atom stereocenters. The zero-order valence-electron chi connectivity index (χ0n) is 10.9. The van der Waals surface area contributed by atoms with Gasteiger partial charge in [0.25, 0.3) is 0 Å². The predicted molar refractivity (Wildman–Crippen MR) is 70.8 cm³/mol. The Bertz CT molecular complexity index is 534. The number of halogens is 1. The lowest BCUT2D eigenvalue weighted by Crippen LogP contribution is -2.23. The second-order valence-electron chi connectivity index (χ2n) is 4.55. The third kappa shape index (κ3) is 2.76. The van der Waals surface area contributed by atoms with Crippen LogP contribution in [0.15, 0.2) is 30.3 Å². The van der Waals surface area contributed by atoms with Crippen molar-refractivity contribution in [3.05, 3.63) is 41.8 Å². The molecule has 1 atom stereocenters. The van der Waals surface area contributed by atoms with Crippen LogP contribution in [0.3, 0.4) is 0 Å². The minimum Gasteiger partial charge on any atom is -0.317 e. The van der Waals surface area contributed by atoms with E-state index in [0.717, 1.165) is 23.4 Å². The van der Waals surface area contributed by atoms with Crippen LogP contribution in [0.1, 0.15) is 12.6 Å². The Hall–Kier alpha value is -1.68. The van der Waals surface area contributed by atoms with E-state index < -0.39 is 0 Å². The SMILES string of the molecule is CNC(C)Cc1cc(-c2cccc(F)c2)n(C)n1. The highest BCUT2D eigenvalue weighted by Crippen LogP contribution is 2.21. The number of benzene rings is 1. The van der Waals surface area contributed by atoms with E-state index in [9.17, 15) is 4.39 Å². The first-order valence-electron chi connectivity index (χ1n) is 6.06. The lowest BCUT2D eigenvalue weighted by atomic mass is 10.1. The first-order valence-corrected chi connectivity index (χ1v) is 6.06. The Morgan fingerprint density at radius 2 is 2.17 bits per heavy atom. The molecule has 2 rings (SSSR count). The molecule has 0 amide bonds. The van der Waals surface area contributed by atoms with Crippen molar-refractivity contribution < 1.29 is 4.39 Å². The standard InChI is InChI=1S/C14H18FN3/c1-10(16-2)7-13-9-14(18(3)17-13)11-5-4-6-12(15)8-11/h4-6,8-10,16H,7H2,1-3H3. The molecule has 2 aromatic rings. The smallest absolute Gasteiger partial charge is 0.123 e. The summed E-state index contributed by atoms with van der Waals surface area (Å²) in [7, 11) is 3.81. The molecule has 1 N–H and O–H groups in total. The highest BCUT2D eigenvalue weighted by Gasteiger charge is 2.10. The van der Waals surface area contributed by atoms with Gasteiger partial charge in [0.05, 0.1) is 11.4 Å². The molecule has 0 aliphatic heterocycles. The molecule has 18 heavy (non-hydrogen) atoms. The lowest BCUT2D eigenvalue weighted by Gasteiger charge is -2.06. The van der Waals surface area contributed by atoms with Crippen LogP contribution in [0.4, 0.5) is 4.39 Å². The Balaban J connectivity index is 2.29. The zero-order valence-corrected chi connectivity index (χ0v) is 10.9. The van der Waals surface area contributed by atoms with E-state index in [4.69, 9.17) is 0 Å². The molecular formula is C14H18FN3. The quantitative estimate of drug-likeness (QED) is 0.899. The van der Waals surface area contributed by atoms with Gasteiger partial charge >= 0.3 is 0 Å². The molecule has 96 valence electrons. The van der Waals surface area contributed by atoms with Crippen LogP contribution < -0.4 is 5.32 Å². The molecule has 0 aliphatic carbocycles. The number of rotatable bonds is 4. The van der Waals surface area contributed by atoms with Crippen LogP contribution in [-0.4, -0.2) is 22.9 Å².